The molecule has 0 bridgehead atoms. The van der Waals surface area contributed by atoms with Crippen LogP contribution in [0.25, 0.3) is 0 Å². The normalized spacial score (nSPS) is 12.5. The Morgan fingerprint density at radius 2 is 1.81 bits per heavy atom. The van der Waals surface area contributed by atoms with E-state index in [1.807, 2.05) is 18.4 Å². The summed E-state index contributed by atoms with van der Waals surface area (Å²) in [6.07, 6.45) is 2.93. The SMILES string of the molecule is CSc1ccccc1NC(=O)C(C)N(c1ccc(Cl)c(Cl)c1)S(C)(=O)=O. The molecule has 0 spiro atoms. The van der Waals surface area contributed by atoms with Gasteiger partial charge in [-0.25, -0.2) is 8.42 Å². The molecule has 1 amide bonds. The topological polar surface area (TPSA) is 66.5 Å². The maximum atomic E-state index is 12.7. The van der Waals surface area contributed by atoms with Crippen LogP contribution >= 0.6 is 35.0 Å². The van der Waals surface area contributed by atoms with Crippen LogP contribution in [0.2, 0.25) is 10.0 Å². The molecule has 0 aromatic heterocycles. The summed E-state index contributed by atoms with van der Waals surface area (Å²) < 4.78 is 25.7. The van der Waals surface area contributed by atoms with E-state index in [-0.39, 0.29) is 10.7 Å². The molecule has 2 aromatic rings. The zero-order valence-corrected chi connectivity index (χ0v) is 17.5. The highest BCUT2D eigenvalue weighted by atomic mass is 35.5. The molecule has 26 heavy (non-hydrogen) atoms. The quantitative estimate of drug-likeness (QED) is 0.681. The van der Waals surface area contributed by atoms with E-state index >= 15 is 0 Å². The van der Waals surface area contributed by atoms with Crippen LogP contribution in [-0.2, 0) is 14.8 Å². The van der Waals surface area contributed by atoms with Gasteiger partial charge in [-0.2, -0.15) is 0 Å². The number of hydrogen-bond acceptors (Lipinski definition) is 4. The number of carbonyl (C=O) groups is 1. The van der Waals surface area contributed by atoms with Gasteiger partial charge in [-0.05, 0) is 43.5 Å². The highest BCUT2D eigenvalue weighted by Crippen LogP contribution is 2.30. The molecule has 0 radical (unpaired) electrons. The van der Waals surface area contributed by atoms with E-state index in [2.05, 4.69) is 5.32 Å². The number of anilines is 2. The minimum atomic E-state index is -3.73. The van der Waals surface area contributed by atoms with E-state index in [1.54, 1.807) is 12.1 Å². The van der Waals surface area contributed by atoms with Crippen molar-refractivity contribution in [3.8, 4) is 0 Å². The number of halogens is 2. The average molecular weight is 433 g/mol. The summed E-state index contributed by atoms with van der Waals surface area (Å²) in [4.78, 5) is 13.6. The Kier molecular flexibility index (Phi) is 6.85. The fourth-order valence-electron chi connectivity index (χ4n) is 2.42. The number of nitrogens with zero attached hydrogens (tertiary/aromatic N) is 1. The third-order valence-electron chi connectivity index (χ3n) is 3.61. The van der Waals surface area contributed by atoms with Crippen molar-refractivity contribution in [1.29, 1.82) is 0 Å². The second-order valence-electron chi connectivity index (χ2n) is 5.52. The van der Waals surface area contributed by atoms with Crippen LogP contribution in [-0.4, -0.2) is 32.9 Å². The van der Waals surface area contributed by atoms with E-state index in [9.17, 15) is 13.2 Å². The van der Waals surface area contributed by atoms with Gasteiger partial charge in [0.2, 0.25) is 15.9 Å². The first-order valence-electron chi connectivity index (χ1n) is 7.53. The van der Waals surface area contributed by atoms with Crippen LogP contribution in [0.5, 0.6) is 0 Å². The summed E-state index contributed by atoms with van der Waals surface area (Å²) >= 11 is 13.4. The second-order valence-corrected chi connectivity index (χ2v) is 9.04. The zero-order chi connectivity index (χ0) is 19.5. The number of para-hydroxylation sites is 1. The fourth-order valence-corrected chi connectivity index (χ4v) is 4.43. The molecule has 0 aliphatic heterocycles. The van der Waals surface area contributed by atoms with E-state index in [4.69, 9.17) is 23.2 Å². The lowest BCUT2D eigenvalue weighted by molar-refractivity contribution is -0.116. The third kappa shape index (κ3) is 4.85. The van der Waals surface area contributed by atoms with Gasteiger partial charge in [-0.15, -0.1) is 11.8 Å². The third-order valence-corrected chi connectivity index (χ3v) is 6.39. The Bertz CT molecular complexity index is 920. The van der Waals surface area contributed by atoms with Crippen LogP contribution < -0.4 is 9.62 Å². The Hall–Kier alpha value is -1.41. The number of sulfonamides is 1. The van der Waals surface area contributed by atoms with Gasteiger partial charge in [0.15, 0.2) is 0 Å². The van der Waals surface area contributed by atoms with Gasteiger partial charge in [-0.1, -0.05) is 35.3 Å². The molecule has 0 aliphatic carbocycles. The van der Waals surface area contributed by atoms with E-state index < -0.39 is 22.0 Å². The number of hydrogen-bond donors (Lipinski definition) is 1. The maximum absolute atomic E-state index is 12.7. The molecule has 2 rings (SSSR count). The minimum absolute atomic E-state index is 0.207. The van der Waals surface area contributed by atoms with E-state index in [0.29, 0.717) is 10.7 Å². The first-order chi connectivity index (χ1) is 12.1. The molecule has 9 heteroatoms. The predicted molar refractivity (Wildman–Crippen MR) is 110 cm³/mol. The summed E-state index contributed by atoms with van der Waals surface area (Å²) in [6.45, 7) is 1.51. The Morgan fingerprint density at radius 1 is 1.15 bits per heavy atom. The molecular formula is C17H18Cl2N2O3S2. The van der Waals surface area contributed by atoms with Crippen molar-refractivity contribution < 1.29 is 13.2 Å². The molecule has 2 aromatic carbocycles. The first kappa shape index (κ1) is 20.9. The van der Waals surface area contributed by atoms with Crippen LogP contribution in [0.15, 0.2) is 47.4 Å². The lowest BCUT2D eigenvalue weighted by Gasteiger charge is -2.28. The maximum Gasteiger partial charge on any atom is 0.248 e. The number of rotatable bonds is 6. The van der Waals surface area contributed by atoms with E-state index in [0.717, 1.165) is 15.5 Å². The van der Waals surface area contributed by atoms with Crippen molar-refractivity contribution in [3.63, 3.8) is 0 Å². The molecule has 0 fully saturated rings. The largest absolute Gasteiger partial charge is 0.323 e. The molecule has 0 saturated carbocycles. The van der Waals surface area contributed by atoms with Crippen molar-refractivity contribution >= 4 is 62.3 Å². The van der Waals surface area contributed by atoms with Gasteiger partial charge in [-0.3, -0.25) is 9.10 Å². The van der Waals surface area contributed by atoms with Crippen LogP contribution in [0, 0.1) is 0 Å². The zero-order valence-electron chi connectivity index (χ0n) is 14.4. The molecule has 140 valence electrons. The molecule has 1 N–H and O–H groups in total. The smallest absolute Gasteiger partial charge is 0.248 e. The van der Waals surface area contributed by atoms with Gasteiger partial charge in [0.25, 0.3) is 0 Å². The summed E-state index contributed by atoms with van der Waals surface area (Å²) in [6, 6.07) is 10.7. The molecule has 1 atom stereocenters. The molecule has 1 unspecified atom stereocenters. The van der Waals surface area contributed by atoms with Crippen molar-refractivity contribution in [2.75, 3.05) is 22.1 Å². The first-order valence-corrected chi connectivity index (χ1v) is 11.4. The summed E-state index contributed by atoms with van der Waals surface area (Å²) in [5, 5.41) is 3.29. The average Bonchev–Trinajstić information content (AvgIpc) is 2.57. The predicted octanol–water partition coefficient (Wildman–Crippen LogP) is 4.51. The Labute approximate surface area is 167 Å². The number of benzene rings is 2. The number of thioether (sulfide) groups is 1. The fraction of sp³-hybridized carbons (Fsp3) is 0.235. The highest BCUT2D eigenvalue weighted by Gasteiger charge is 2.29. The highest BCUT2D eigenvalue weighted by molar-refractivity contribution is 7.98. The van der Waals surface area contributed by atoms with Crippen LogP contribution in [0.1, 0.15) is 6.92 Å². The number of carbonyl (C=O) groups excluding carboxylic acids is 1. The standard InChI is InChI=1S/C17H18Cl2N2O3S2/c1-11(17(22)20-15-6-4-5-7-16(15)25-2)21(26(3,23)24)12-8-9-13(18)14(19)10-12/h4-11H,1-3H3,(H,20,22). The Balaban J connectivity index is 2.36. The van der Waals surface area contributed by atoms with Crippen molar-refractivity contribution in [1.82, 2.24) is 0 Å². The monoisotopic (exact) mass is 432 g/mol. The number of amides is 1. The van der Waals surface area contributed by atoms with Gasteiger partial charge < -0.3 is 5.32 Å². The minimum Gasteiger partial charge on any atom is -0.323 e. The number of nitrogens with one attached hydrogen (secondary N) is 1. The second kappa shape index (κ2) is 8.52. The Morgan fingerprint density at radius 3 is 2.38 bits per heavy atom. The van der Waals surface area contributed by atoms with Gasteiger partial charge in [0.05, 0.1) is 27.7 Å². The molecule has 5 nitrogen and oxygen atoms in total. The van der Waals surface area contributed by atoms with Crippen LogP contribution in [0.3, 0.4) is 0 Å². The molecule has 0 heterocycles. The summed E-state index contributed by atoms with van der Waals surface area (Å²) in [5.41, 5.74) is 0.891. The van der Waals surface area contributed by atoms with Gasteiger partial charge in [0, 0.05) is 4.90 Å². The van der Waals surface area contributed by atoms with Gasteiger partial charge >= 0.3 is 0 Å². The summed E-state index contributed by atoms with van der Waals surface area (Å²) in [7, 11) is -3.73. The van der Waals surface area contributed by atoms with Crippen LogP contribution in [0.4, 0.5) is 11.4 Å². The van der Waals surface area contributed by atoms with Crippen molar-refractivity contribution in [2.45, 2.75) is 17.9 Å². The molecule has 0 saturated heterocycles. The van der Waals surface area contributed by atoms with Crippen molar-refractivity contribution in [2.24, 2.45) is 0 Å². The van der Waals surface area contributed by atoms with Gasteiger partial charge in [0.1, 0.15) is 6.04 Å². The lowest BCUT2D eigenvalue weighted by Crippen LogP contribution is -2.45. The van der Waals surface area contributed by atoms with E-state index in [1.165, 1.54) is 36.9 Å². The lowest BCUT2D eigenvalue weighted by atomic mass is 10.2. The summed E-state index contributed by atoms with van der Waals surface area (Å²) in [5.74, 6) is -0.456. The molecular weight excluding hydrogens is 415 g/mol. The molecule has 0 aliphatic rings. The van der Waals surface area contributed by atoms with Crippen molar-refractivity contribution in [3.05, 3.63) is 52.5 Å².